The third-order valence-electron chi connectivity index (χ3n) is 1.54. The predicted molar refractivity (Wildman–Crippen MR) is 49.0 cm³/mol. The molecule has 0 saturated carbocycles. The summed E-state index contributed by atoms with van der Waals surface area (Å²) in [6.07, 6.45) is 0.425. The summed E-state index contributed by atoms with van der Waals surface area (Å²) in [6, 6.07) is 1.87. The van der Waals surface area contributed by atoms with Crippen molar-refractivity contribution in [1.82, 2.24) is 4.90 Å². The molecule has 0 atom stereocenters. The number of amides is 1. The van der Waals surface area contributed by atoms with Gasteiger partial charge in [-0.25, -0.2) is 4.79 Å². The van der Waals surface area contributed by atoms with Crippen LogP contribution in [0.3, 0.4) is 0 Å². The van der Waals surface area contributed by atoms with Crippen LogP contribution in [-0.4, -0.2) is 31.2 Å². The van der Waals surface area contributed by atoms with Crippen molar-refractivity contribution in [2.24, 2.45) is 5.92 Å². The van der Waals surface area contributed by atoms with Crippen LogP contribution >= 0.6 is 0 Å². The van der Waals surface area contributed by atoms with Crippen LogP contribution in [-0.2, 0) is 4.74 Å². The van der Waals surface area contributed by atoms with Crippen molar-refractivity contribution in [2.45, 2.75) is 20.3 Å². The van der Waals surface area contributed by atoms with Gasteiger partial charge in [-0.05, 0) is 12.3 Å². The Morgan fingerprint density at radius 3 is 2.69 bits per heavy atom. The van der Waals surface area contributed by atoms with Gasteiger partial charge >= 0.3 is 6.09 Å². The van der Waals surface area contributed by atoms with E-state index in [1.807, 2.05) is 6.07 Å². The van der Waals surface area contributed by atoms with E-state index in [0.717, 1.165) is 6.42 Å². The van der Waals surface area contributed by atoms with E-state index >= 15 is 0 Å². The first-order valence-corrected chi connectivity index (χ1v) is 4.32. The van der Waals surface area contributed by atoms with Gasteiger partial charge in [-0.3, -0.25) is 4.90 Å². The quantitative estimate of drug-likeness (QED) is 0.624. The van der Waals surface area contributed by atoms with Crippen LogP contribution in [0.15, 0.2) is 0 Å². The first-order chi connectivity index (χ1) is 6.07. The van der Waals surface area contributed by atoms with Crippen molar-refractivity contribution in [3.05, 3.63) is 0 Å². The highest BCUT2D eigenvalue weighted by Gasteiger charge is 2.08. The second kappa shape index (κ2) is 6.30. The summed E-state index contributed by atoms with van der Waals surface area (Å²) in [5, 5.41) is 8.30. The van der Waals surface area contributed by atoms with Crippen LogP contribution in [0.2, 0.25) is 0 Å². The molecule has 13 heavy (non-hydrogen) atoms. The molecule has 0 unspecified atom stereocenters. The van der Waals surface area contributed by atoms with E-state index in [2.05, 4.69) is 13.8 Å². The number of hydrogen-bond donors (Lipinski definition) is 0. The monoisotopic (exact) mass is 184 g/mol. The van der Waals surface area contributed by atoms with E-state index in [0.29, 0.717) is 12.5 Å². The molecule has 4 nitrogen and oxygen atoms in total. The molecule has 0 aliphatic carbocycles. The third kappa shape index (κ3) is 5.97. The zero-order valence-electron chi connectivity index (χ0n) is 8.41. The summed E-state index contributed by atoms with van der Waals surface area (Å²) in [5.41, 5.74) is 0. The molecule has 0 fully saturated rings. The normalized spacial score (nSPS) is 9.46. The molecule has 0 aromatic heterocycles. The van der Waals surface area contributed by atoms with Gasteiger partial charge in [0.15, 0.2) is 0 Å². The Kier molecular flexibility index (Phi) is 5.69. The fraction of sp³-hybridized carbons (Fsp3) is 0.778. The first kappa shape index (κ1) is 11.8. The van der Waals surface area contributed by atoms with Crippen molar-refractivity contribution in [2.75, 3.05) is 20.2 Å². The summed E-state index contributed by atoms with van der Waals surface area (Å²) in [6.45, 7) is 4.62. The number of nitriles is 1. The van der Waals surface area contributed by atoms with Crippen molar-refractivity contribution in [3.8, 4) is 6.07 Å². The van der Waals surface area contributed by atoms with Crippen LogP contribution in [0.1, 0.15) is 20.3 Å². The average molecular weight is 184 g/mol. The molecule has 0 heterocycles. The Hall–Kier alpha value is -1.24. The molecule has 0 N–H and O–H groups in total. The fourth-order valence-corrected chi connectivity index (χ4v) is 0.663. The SMILES string of the molecule is CC(C)CCOC(=O)N(C)CC#N. The van der Waals surface area contributed by atoms with Gasteiger partial charge in [0.05, 0.1) is 12.7 Å². The molecule has 1 amide bonds. The summed E-state index contributed by atoms with van der Waals surface area (Å²) >= 11 is 0. The van der Waals surface area contributed by atoms with Gasteiger partial charge in [0, 0.05) is 7.05 Å². The lowest BCUT2D eigenvalue weighted by atomic mass is 10.1. The molecule has 0 rings (SSSR count). The zero-order valence-corrected chi connectivity index (χ0v) is 8.41. The Labute approximate surface area is 79.1 Å². The second-order valence-corrected chi connectivity index (χ2v) is 3.31. The van der Waals surface area contributed by atoms with Gasteiger partial charge in [0.1, 0.15) is 6.54 Å². The molecule has 0 bridgehead atoms. The minimum absolute atomic E-state index is 0.0700. The van der Waals surface area contributed by atoms with Gasteiger partial charge in [0.25, 0.3) is 0 Å². The topological polar surface area (TPSA) is 53.3 Å². The Morgan fingerprint density at radius 2 is 2.23 bits per heavy atom. The number of ether oxygens (including phenoxy) is 1. The van der Waals surface area contributed by atoms with Gasteiger partial charge in [0.2, 0.25) is 0 Å². The lowest BCUT2D eigenvalue weighted by Gasteiger charge is -2.13. The minimum atomic E-state index is -0.429. The molecule has 0 aromatic carbocycles. The third-order valence-corrected chi connectivity index (χ3v) is 1.54. The van der Waals surface area contributed by atoms with Gasteiger partial charge in [-0.15, -0.1) is 0 Å². The van der Waals surface area contributed by atoms with Crippen LogP contribution in [0, 0.1) is 17.2 Å². The summed E-state index contributed by atoms with van der Waals surface area (Å²) in [5.74, 6) is 0.522. The van der Waals surface area contributed by atoms with E-state index in [9.17, 15) is 4.79 Å². The van der Waals surface area contributed by atoms with E-state index in [1.165, 1.54) is 4.90 Å². The molecule has 0 aliphatic rings. The van der Waals surface area contributed by atoms with Gasteiger partial charge in [-0.1, -0.05) is 13.8 Å². The first-order valence-electron chi connectivity index (χ1n) is 4.32. The highest BCUT2D eigenvalue weighted by molar-refractivity contribution is 5.67. The minimum Gasteiger partial charge on any atom is -0.449 e. The lowest BCUT2D eigenvalue weighted by molar-refractivity contribution is 0.110. The highest BCUT2D eigenvalue weighted by Crippen LogP contribution is 2.00. The lowest BCUT2D eigenvalue weighted by Crippen LogP contribution is -2.28. The maximum atomic E-state index is 11.1. The van der Waals surface area contributed by atoms with Crippen molar-refractivity contribution < 1.29 is 9.53 Å². The smallest absolute Gasteiger partial charge is 0.410 e. The molecule has 4 heteroatoms. The highest BCUT2D eigenvalue weighted by atomic mass is 16.6. The Bertz CT molecular complexity index is 196. The van der Waals surface area contributed by atoms with Crippen molar-refractivity contribution in [1.29, 1.82) is 5.26 Å². The van der Waals surface area contributed by atoms with E-state index < -0.39 is 6.09 Å². The van der Waals surface area contributed by atoms with E-state index in [1.54, 1.807) is 7.05 Å². The standard InChI is InChI=1S/C9H16N2O2/c1-8(2)4-7-13-9(12)11(3)6-5-10/h8H,4,6-7H2,1-3H3. The van der Waals surface area contributed by atoms with Crippen LogP contribution in [0.4, 0.5) is 4.79 Å². The van der Waals surface area contributed by atoms with Crippen LogP contribution in [0.5, 0.6) is 0 Å². The largest absolute Gasteiger partial charge is 0.449 e. The Balaban J connectivity index is 3.57. The summed E-state index contributed by atoms with van der Waals surface area (Å²) in [7, 11) is 1.54. The molecular formula is C9H16N2O2. The molecular weight excluding hydrogens is 168 g/mol. The molecule has 0 aliphatic heterocycles. The van der Waals surface area contributed by atoms with Crippen molar-refractivity contribution >= 4 is 6.09 Å². The Morgan fingerprint density at radius 1 is 1.62 bits per heavy atom. The maximum absolute atomic E-state index is 11.1. The molecule has 0 aromatic rings. The predicted octanol–water partition coefficient (Wildman–Crippen LogP) is 1.62. The number of rotatable bonds is 4. The molecule has 74 valence electrons. The summed E-state index contributed by atoms with van der Waals surface area (Å²) in [4.78, 5) is 12.3. The number of carbonyl (C=O) groups excluding carboxylic acids is 1. The van der Waals surface area contributed by atoms with Crippen molar-refractivity contribution in [3.63, 3.8) is 0 Å². The molecule has 0 spiro atoms. The summed E-state index contributed by atoms with van der Waals surface area (Å²) < 4.78 is 4.90. The number of hydrogen-bond acceptors (Lipinski definition) is 3. The molecule has 0 radical (unpaired) electrons. The second-order valence-electron chi connectivity index (χ2n) is 3.31. The number of carbonyl (C=O) groups is 1. The van der Waals surface area contributed by atoms with E-state index in [4.69, 9.17) is 10.00 Å². The number of nitrogens with zero attached hydrogens (tertiary/aromatic N) is 2. The maximum Gasteiger partial charge on any atom is 0.410 e. The fourth-order valence-electron chi connectivity index (χ4n) is 0.663. The zero-order chi connectivity index (χ0) is 10.3. The van der Waals surface area contributed by atoms with Crippen LogP contribution < -0.4 is 0 Å². The van der Waals surface area contributed by atoms with Crippen LogP contribution in [0.25, 0.3) is 0 Å². The van der Waals surface area contributed by atoms with Gasteiger partial charge < -0.3 is 4.74 Å². The van der Waals surface area contributed by atoms with Gasteiger partial charge in [-0.2, -0.15) is 5.26 Å². The van der Waals surface area contributed by atoms with E-state index in [-0.39, 0.29) is 6.54 Å². The molecule has 0 saturated heterocycles. The average Bonchev–Trinajstić information content (AvgIpc) is 2.04.